The lowest BCUT2D eigenvalue weighted by molar-refractivity contribution is 0.0699. The van der Waals surface area contributed by atoms with E-state index >= 15 is 0 Å². The molecule has 1 amide bonds. The minimum atomic E-state index is -0.689. The van der Waals surface area contributed by atoms with Crippen LogP contribution in [0.15, 0.2) is 23.7 Å². The summed E-state index contributed by atoms with van der Waals surface area (Å²) in [4.78, 5) is 20.1. The molecular weight excluding hydrogens is 402 g/mol. The fourth-order valence-corrected chi connectivity index (χ4v) is 4.77. The molecule has 2 aliphatic rings. The number of hydrogen-bond acceptors (Lipinski definition) is 8. The SMILES string of the molecule is NC(=O)O[C@H]1CC[C@H](Nc2cc(-c3csc(NCC4CCOCC4)n3)ccn2)CC1. The van der Waals surface area contributed by atoms with Crippen molar-refractivity contribution in [3.05, 3.63) is 23.7 Å². The van der Waals surface area contributed by atoms with Crippen LogP contribution in [0.3, 0.4) is 0 Å². The van der Waals surface area contributed by atoms with Gasteiger partial charge in [0.05, 0.1) is 5.69 Å². The van der Waals surface area contributed by atoms with E-state index in [1.54, 1.807) is 11.3 Å². The largest absolute Gasteiger partial charge is 0.446 e. The third-order valence-electron chi connectivity index (χ3n) is 5.75. The topological polar surface area (TPSA) is 111 Å². The highest BCUT2D eigenvalue weighted by atomic mass is 32.1. The van der Waals surface area contributed by atoms with Crippen LogP contribution in [0.2, 0.25) is 0 Å². The van der Waals surface area contributed by atoms with Gasteiger partial charge in [0, 0.05) is 42.9 Å². The van der Waals surface area contributed by atoms with Crippen LogP contribution in [0.1, 0.15) is 38.5 Å². The fourth-order valence-electron chi connectivity index (χ4n) is 4.04. The molecule has 9 heteroatoms. The zero-order chi connectivity index (χ0) is 20.8. The number of anilines is 2. The van der Waals surface area contributed by atoms with E-state index in [0.29, 0.717) is 12.0 Å². The third kappa shape index (κ3) is 5.82. The lowest BCUT2D eigenvalue weighted by Gasteiger charge is -2.28. The number of thiazole rings is 1. The quantitative estimate of drug-likeness (QED) is 0.610. The number of primary amides is 1. The Hall–Kier alpha value is -2.39. The number of carbonyl (C=O) groups is 1. The number of ether oxygens (including phenoxy) is 2. The Morgan fingerprint density at radius 1 is 1.23 bits per heavy atom. The molecule has 3 heterocycles. The highest BCUT2D eigenvalue weighted by Gasteiger charge is 2.23. The van der Waals surface area contributed by atoms with E-state index in [9.17, 15) is 4.79 Å². The van der Waals surface area contributed by atoms with Crippen molar-refractivity contribution in [2.75, 3.05) is 30.4 Å². The first kappa shape index (κ1) is 20.9. The van der Waals surface area contributed by atoms with Crippen LogP contribution in [0.4, 0.5) is 15.7 Å². The van der Waals surface area contributed by atoms with Gasteiger partial charge in [-0.1, -0.05) is 0 Å². The summed E-state index contributed by atoms with van der Waals surface area (Å²) in [5, 5.41) is 10.0. The fraction of sp³-hybridized carbons (Fsp3) is 0.571. The first-order chi connectivity index (χ1) is 14.7. The predicted molar refractivity (Wildman–Crippen MR) is 118 cm³/mol. The number of pyridine rings is 1. The van der Waals surface area contributed by atoms with Crippen LogP contribution in [0.25, 0.3) is 11.3 Å². The van der Waals surface area contributed by atoms with Gasteiger partial charge in [-0.25, -0.2) is 14.8 Å². The predicted octanol–water partition coefficient (Wildman–Crippen LogP) is 3.86. The molecular formula is C21H29N5O3S. The van der Waals surface area contributed by atoms with Crippen molar-refractivity contribution in [3.63, 3.8) is 0 Å². The normalized spacial score (nSPS) is 22.4. The van der Waals surface area contributed by atoms with Gasteiger partial charge in [-0.3, -0.25) is 0 Å². The van der Waals surface area contributed by atoms with Gasteiger partial charge in [0.1, 0.15) is 11.9 Å². The van der Waals surface area contributed by atoms with Crippen LogP contribution in [0, 0.1) is 5.92 Å². The van der Waals surface area contributed by atoms with Crippen molar-refractivity contribution < 1.29 is 14.3 Å². The number of carbonyl (C=O) groups excluding carboxylic acids is 1. The zero-order valence-electron chi connectivity index (χ0n) is 17.0. The van der Waals surface area contributed by atoms with Crippen LogP contribution in [-0.4, -0.2) is 48.0 Å². The molecule has 8 nitrogen and oxygen atoms in total. The van der Waals surface area contributed by atoms with Gasteiger partial charge in [0.25, 0.3) is 0 Å². The lowest BCUT2D eigenvalue weighted by Crippen LogP contribution is -2.32. The monoisotopic (exact) mass is 431 g/mol. The molecule has 2 fully saturated rings. The number of amides is 1. The number of nitrogens with two attached hydrogens (primary N) is 1. The van der Waals surface area contributed by atoms with E-state index in [1.807, 2.05) is 18.3 Å². The van der Waals surface area contributed by atoms with Crippen molar-refractivity contribution in [1.29, 1.82) is 0 Å². The summed E-state index contributed by atoms with van der Waals surface area (Å²) in [6.45, 7) is 2.67. The van der Waals surface area contributed by atoms with Crippen LogP contribution in [-0.2, 0) is 9.47 Å². The highest BCUT2D eigenvalue weighted by molar-refractivity contribution is 7.14. The molecule has 0 aromatic carbocycles. The van der Waals surface area contributed by atoms with E-state index in [1.165, 1.54) is 0 Å². The summed E-state index contributed by atoms with van der Waals surface area (Å²) in [5.74, 6) is 1.50. The van der Waals surface area contributed by atoms with E-state index in [0.717, 1.165) is 80.5 Å². The standard InChI is InChI=1S/C21H29N5O3S/c22-20(27)29-17-3-1-16(2-4-17)25-19-11-15(5-8-23-19)18-13-30-21(26-18)24-12-14-6-9-28-10-7-14/h5,8,11,13-14,16-17H,1-4,6-7,9-10,12H2,(H2,22,27)(H,23,25)(H,24,26)/t16-,17-. The molecule has 2 aromatic rings. The van der Waals surface area contributed by atoms with E-state index in [-0.39, 0.29) is 6.10 Å². The molecule has 1 aliphatic heterocycles. The van der Waals surface area contributed by atoms with Crippen molar-refractivity contribution in [2.24, 2.45) is 11.7 Å². The number of nitrogens with zero attached hydrogens (tertiary/aromatic N) is 2. The summed E-state index contributed by atoms with van der Waals surface area (Å²) < 4.78 is 10.5. The summed E-state index contributed by atoms with van der Waals surface area (Å²) in [5.41, 5.74) is 7.12. The average molecular weight is 432 g/mol. The van der Waals surface area contributed by atoms with E-state index in [4.69, 9.17) is 20.2 Å². The first-order valence-corrected chi connectivity index (χ1v) is 11.5. The van der Waals surface area contributed by atoms with Gasteiger partial charge in [-0.2, -0.15) is 0 Å². The molecule has 0 unspecified atom stereocenters. The van der Waals surface area contributed by atoms with Crippen molar-refractivity contribution in [2.45, 2.75) is 50.7 Å². The molecule has 4 N–H and O–H groups in total. The second-order valence-corrected chi connectivity index (χ2v) is 8.82. The highest BCUT2D eigenvalue weighted by Crippen LogP contribution is 2.28. The maximum atomic E-state index is 10.9. The van der Waals surface area contributed by atoms with E-state index < -0.39 is 6.09 Å². The molecule has 1 saturated heterocycles. The Bertz CT molecular complexity index is 832. The number of hydrogen-bond donors (Lipinski definition) is 3. The molecule has 1 aliphatic carbocycles. The summed E-state index contributed by atoms with van der Waals surface area (Å²) in [6, 6.07) is 4.34. The van der Waals surface area contributed by atoms with Crippen LogP contribution in [0.5, 0.6) is 0 Å². The molecule has 2 aromatic heterocycles. The Morgan fingerprint density at radius 3 is 2.80 bits per heavy atom. The van der Waals surface area contributed by atoms with Gasteiger partial charge in [-0.15, -0.1) is 11.3 Å². The molecule has 4 rings (SSSR count). The number of rotatable bonds is 7. The molecule has 0 spiro atoms. The average Bonchev–Trinajstić information content (AvgIpc) is 3.24. The molecule has 0 radical (unpaired) electrons. The molecule has 0 atom stereocenters. The van der Waals surface area contributed by atoms with Gasteiger partial charge >= 0.3 is 6.09 Å². The van der Waals surface area contributed by atoms with Crippen molar-refractivity contribution >= 4 is 28.4 Å². The zero-order valence-corrected chi connectivity index (χ0v) is 17.8. The van der Waals surface area contributed by atoms with Gasteiger partial charge < -0.3 is 25.8 Å². The van der Waals surface area contributed by atoms with Crippen molar-refractivity contribution in [3.8, 4) is 11.3 Å². The van der Waals surface area contributed by atoms with Gasteiger partial charge in [0.2, 0.25) is 0 Å². The third-order valence-corrected chi connectivity index (χ3v) is 6.55. The minimum Gasteiger partial charge on any atom is -0.446 e. The van der Waals surface area contributed by atoms with Gasteiger partial charge in [0.15, 0.2) is 5.13 Å². The van der Waals surface area contributed by atoms with Crippen LogP contribution < -0.4 is 16.4 Å². The number of aromatic nitrogens is 2. The Labute approximate surface area is 180 Å². The Kier molecular flexibility index (Phi) is 7.01. The summed E-state index contributed by atoms with van der Waals surface area (Å²) >= 11 is 1.63. The van der Waals surface area contributed by atoms with Gasteiger partial charge in [-0.05, 0) is 56.6 Å². The number of nitrogens with one attached hydrogen (secondary N) is 2. The molecule has 162 valence electrons. The second-order valence-electron chi connectivity index (χ2n) is 7.96. The van der Waals surface area contributed by atoms with Crippen molar-refractivity contribution in [1.82, 2.24) is 9.97 Å². The minimum absolute atomic E-state index is 0.0677. The second kappa shape index (κ2) is 10.1. The Balaban J connectivity index is 1.30. The van der Waals surface area contributed by atoms with E-state index in [2.05, 4.69) is 21.0 Å². The molecule has 0 bridgehead atoms. The smallest absolute Gasteiger partial charge is 0.404 e. The lowest BCUT2D eigenvalue weighted by atomic mass is 9.93. The van der Waals surface area contributed by atoms with Crippen LogP contribution >= 0.6 is 11.3 Å². The Morgan fingerprint density at radius 2 is 2.03 bits per heavy atom. The molecule has 1 saturated carbocycles. The molecule has 30 heavy (non-hydrogen) atoms. The summed E-state index contributed by atoms with van der Waals surface area (Å²) in [7, 11) is 0. The first-order valence-electron chi connectivity index (χ1n) is 10.6. The maximum absolute atomic E-state index is 10.9. The maximum Gasteiger partial charge on any atom is 0.404 e. The summed E-state index contributed by atoms with van der Waals surface area (Å²) in [6.07, 6.45) is 6.74.